The molecule has 0 aliphatic rings. The fourth-order valence-electron chi connectivity index (χ4n) is 1.49. The number of rotatable bonds is 9. The van der Waals surface area contributed by atoms with E-state index in [4.69, 9.17) is 10.2 Å². The molecule has 0 amide bonds. The van der Waals surface area contributed by atoms with Gasteiger partial charge in [0.2, 0.25) is 0 Å². The molecular formula is C12H22F4O2. The maximum Gasteiger partial charge on any atom is 0.273 e. The number of aliphatic hydroxyl groups is 2. The standard InChI is InChI=1S/C12H22F4O2/c1-9(17)11(13,14)7-5-3-4-6-8-12(15,16)10(2)18/h9-10,17-18H,3-8H2,1-2H3. The second-order valence-corrected chi connectivity index (χ2v) is 4.79. The zero-order chi connectivity index (χ0) is 14.4. The maximum absolute atomic E-state index is 12.9. The Hall–Kier alpha value is -0.360. The van der Waals surface area contributed by atoms with Gasteiger partial charge in [-0.05, 0) is 26.7 Å². The molecular weight excluding hydrogens is 252 g/mol. The van der Waals surface area contributed by atoms with Gasteiger partial charge in [-0.15, -0.1) is 0 Å². The first-order chi connectivity index (χ1) is 8.09. The molecule has 0 fully saturated rings. The molecule has 0 aliphatic heterocycles. The van der Waals surface area contributed by atoms with Gasteiger partial charge in [0.05, 0.1) is 0 Å². The van der Waals surface area contributed by atoms with Crippen molar-refractivity contribution in [1.82, 2.24) is 0 Å². The van der Waals surface area contributed by atoms with Crippen molar-refractivity contribution >= 4 is 0 Å². The van der Waals surface area contributed by atoms with E-state index in [1.54, 1.807) is 0 Å². The molecule has 6 heteroatoms. The second kappa shape index (κ2) is 7.28. The van der Waals surface area contributed by atoms with Crippen LogP contribution in [-0.2, 0) is 0 Å². The van der Waals surface area contributed by atoms with Gasteiger partial charge in [0.15, 0.2) is 0 Å². The lowest BCUT2D eigenvalue weighted by molar-refractivity contribution is -0.108. The smallest absolute Gasteiger partial charge is 0.273 e. The molecule has 110 valence electrons. The number of hydrogen-bond donors (Lipinski definition) is 2. The van der Waals surface area contributed by atoms with Crippen molar-refractivity contribution in [2.45, 2.75) is 76.4 Å². The van der Waals surface area contributed by atoms with Crippen LogP contribution in [0.1, 0.15) is 52.4 Å². The van der Waals surface area contributed by atoms with Crippen molar-refractivity contribution in [2.75, 3.05) is 0 Å². The van der Waals surface area contributed by atoms with Crippen molar-refractivity contribution < 1.29 is 27.8 Å². The third kappa shape index (κ3) is 6.54. The van der Waals surface area contributed by atoms with E-state index in [2.05, 4.69) is 0 Å². The van der Waals surface area contributed by atoms with Crippen LogP contribution in [0.2, 0.25) is 0 Å². The van der Waals surface area contributed by atoms with E-state index in [1.165, 1.54) is 0 Å². The number of halogens is 4. The Balaban J connectivity index is 3.65. The highest BCUT2D eigenvalue weighted by molar-refractivity contribution is 4.74. The first-order valence-corrected chi connectivity index (χ1v) is 6.21. The predicted molar refractivity (Wildman–Crippen MR) is 61.0 cm³/mol. The molecule has 2 N–H and O–H groups in total. The lowest BCUT2D eigenvalue weighted by Gasteiger charge is -2.20. The summed E-state index contributed by atoms with van der Waals surface area (Å²) in [5.74, 6) is -6.22. The molecule has 0 saturated carbocycles. The monoisotopic (exact) mass is 274 g/mol. The topological polar surface area (TPSA) is 40.5 Å². The molecule has 0 aromatic rings. The van der Waals surface area contributed by atoms with Crippen LogP contribution in [0.3, 0.4) is 0 Å². The van der Waals surface area contributed by atoms with Crippen molar-refractivity contribution in [1.29, 1.82) is 0 Å². The van der Waals surface area contributed by atoms with E-state index in [-0.39, 0.29) is 12.8 Å². The van der Waals surface area contributed by atoms with Crippen molar-refractivity contribution in [3.8, 4) is 0 Å². The fraction of sp³-hybridized carbons (Fsp3) is 1.00. The van der Waals surface area contributed by atoms with Crippen LogP contribution in [0.15, 0.2) is 0 Å². The van der Waals surface area contributed by atoms with E-state index in [0.29, 0.717) is 12.8 Å². The summed E-state index contributed by atoms with van der Waals surface area (Å²) in [6.45, 7) is 2.06. The molecule has 0 saturated heterocycles. The summed E-state index contributed by atoms with van der Waals surface area (Å²) >= 11 is 0. The van der Waals surface area contributed by atoms with Crippen molar-refractivity contribution in [2.24, 2.45) is 0 Å². The molecule has 2 atom stereocenters. The van der Waals surface area contributed by atoms with Crippen LogP contribution in [-0.4, -0.2) is 34.3 Å². The lowest BCUT2D eigenvalue weighted by Crippen LogP contribution is -2.30. The van der Waals surface area contributed by atoms with Gasteiger partial charge in [0, 0.05) is 12.8 Å². The van der Waals surface area contributed by atoms with Crippen molar-refractivity contribution in [3.05, 3.63) is 0 Å². The van der Waals surface area contributed by atoms with Crippen LogP contribution < -0.4 is 0 Å². The van der Waals surface area contributed by atoms with E-state index in [9.17, 15) is 17.6 Å². The molecule has 2 nitrogen and oxygen atoms in total. The summed E-state index contributed by atoms with van der Waals surface area (Å²) in [7, 11) is 0. The summed E-state index contributed by atoms with van der Waals surface area (Å²) in [6.07, 6.45) is -3.02. The van der Waals surface area contributed by atoms with E-state index >= 15 is 0 Å². The average molecular weight is 274 g/mol. The van der Waals surface area contributed by atoms with Gasteiger partial charge in [0.1, 0.15) is 12.2 Å². The van der Waals surface area contributed by atoms with Crippen LogP contribution in [0.25, 0.3) is 0 Å². The SMILES string of the molecule is CC(O)C(F)(F)CCCCCCC(F)(F)C(C)O. The Morgan fingerprint density at radius 2 is 1.00 bits per heavy atom. The number of aliphatic hydroxyl groups excluding tert-OH is 2. The Labute approximate surface area is 105 Å². The van der Waals surface area contributed by atoms with Gasteiger partial charge in [-0.25, -0.2) is 17.6 Å². The number of unbranched alkanes of at least 4 members (excludes halogenated alkanes) is 3. The first-order valence-electron chi connectivity index (χ1n) is 6.21. The number of alkyl halides is 4. The van der Waals surface area contributed by atoms with Gasteiger partial charge in [-0.2, -0.15) is 0 Å². The summed E-state index contributed by atoms with van der Waals surface area (Å²) in [5, 5.41) is 17.5. The minimum absolute atomic E-state index is 0.193. The second-order valence-electron chi connectivity index (χ2n) is 4.79. The van der Waals surface area contributed by atoms with E-state index in [0.717, 1.165) is 13.8 Å². The lowest BCUT2D eigenvalue weighted by atomic mass is 10.0. The summed E-state index contributed by atoms with van der Waals surface area (Å²) in [6, 6.07) is 0. The molecule has 0 aliphatic carbocycles. The zero-order valence-electron chi connectivity index (χ0n) is 10.8. The third-order valence-corrected chi connectivity index (χ3v) is 2.99. The molecule has 0 radical (unpaired) electrons. The van der Waals surface area contributed by atoms with Gasteiger partial charge in [0.25, 0.3) is 11.8 Å². The minimum atomic E-state index is -3.11. The van der Waals surface area contributed by atoms with Gasteiger partial charge < -0.3 is 10.2 Å². The summed E-state index contributed by atoms with van der Waals surface area (Å²) in [5.41, 5.74) is 0. The summed E-state index contributed by atoms with van der Waals surface area (Å²) in [4.78, 5) is 0. The van der Waals surface area contributed by atoms with Crippen molar-refractivity contribution in [3.63, 3.8) is 0 Å². The van der Waals surface area contributed by atoms with E-state index in [1.807, 2.05) is 0 Å². The Morgan fingerprint density at radius 3 is 1.22 bits per heavy atom. The highest BCUT2D eigenvalue weighted by Gasteiger charge is 2.35. The fourth-order valence-corrected chi connectivity index (χ4v) is 1.49. The molecule has 18 heavy (non-hydrogen) atoms. The van der Waals surface area contributed by atoms with Gasteiger partial charge >= 0.3 is 0 Å². The van der Waals surface area contributed by atoms with Crippen LogP contribution >= 0.6 is 0 Å². The van der Waals surface area contributed by atoms with Crippen LogP contribution in [0, 0.1) is 0 Å². The molecule has 2 unspecified atom stereocenters. The molecule has 0 bridgehead atoms. The van der Waals surface area contributed by atoms with Crippen LogP contribution in [0.5, 0.6) is 0 Å². The normalized spacial score (nSPS) is 16.7. The maximum atomic E-state index is 12.9. The molecule has 0 rings (SSSR count). The zero-order valence-corrected chi connectivity index (χ0v) is 10.8. The highest BCUT2D eigenvalue weighted by atomic mass is 19.3. The van der Waals surface area contributed by atoms with Gasteiger partial charge in [-0.1, -0.05) is 12.8 Å². The highest BCUT2D eigenvalue weighted by Crippen LogP contribution is 2.28. The van der Waals surface area contributed by atoms with E-state index < -0.39 is 36.9 Å². The molecule has 0 heterocycles. The Bertz CT molecular complexity index is 206. The molecule has 0 aromatic heterocycles. The minimum Gasteiger partial charge on any atom is -0.387 e. The Morgan fingerprint density at radius 1 is 0.722 bits per heavy atom. The number of hydrogen-bond acceptors (Lipinski definition) is 2. The van der Waals surface area contributed by atoms with Crippen LogP contribution in [0.4, 0.5) is 17.6 Å². The molecule has 0 spiro atoms. The quantitative estimate of drug-likeness (QED) is 0.500. The largest absolute Gasteiger partial charge is 0.387 e. The first kappa shape index (κ1) is 17.6. The predicted octanol–water partition coefficient (Wildman–Crippen LogP) is 3.36. The third-order valence-electron chi connectivity index (χ3n) is 2.99. The summed E-state index contributed by atoms with van der Waals surface area (Å²) < 4.78 is 51.8. The molecule has 0 aromatic carbocycles. The average Bonchev–Trinajstić information content (AvgIpc) is 2.22. The Kier molecular flexibility index (Phi) is 7.14. The van der Waals surface area contributed by atoms with Gasteiger partial charge in [-0.3, -0.25) is 0 Å².